The van der Waals surface area contributed by atoms with Crippen molar-refractivity contribution in [2.45, 2.75) is 20.8 Å². The van der Waals surface area contributed by atoms with Crippen LogP contribution >= 0.6 is 11.6 Å². The van der Waals surface area contributed by atoms with E-state index in [1.807, 2.05) is 51.1 Å². The van der Waals surface area contributed by atoms with Crippen LogP contribution in [0, 0.1) is 5.41 Å². The SMILES string of the molecule is CC(C)(C)C(=O)c1cc2cc(Cl)c3ccccc3c2o1. The first kappa shape index (κ1) is 13.2. The largest absolute Gasteiger partial charge is 0.452 e. The van der Waals surface area contributed by atoms with Gasteiger partial charge in [0.2, 0.25) is 5.78 Å². The summed E-state index contributed by atoms with van der Waals surface area (Å²) in [5.74, 6) is 0.383. The Bertz CT molecular complexity index is 822. The number of hydrogen-bond acceptors (Lipinski definition) is 2. The molecule has 0 saturated carbocycles. The molecule has 0 saturated heterocycles. The van der Waals surface area contributed by atoms with E-state index in [9.17, 15) is 4.79 Å². The zero-order valence-electron chi connectivity index (χ0n) is 11.7. The van der Waals surface area contributed by atoms with E-state index in [1.54, 1.807) is 6.07 Å². The number of furan rings is 1. The summed E-state index contributed by atoms with van der Waals surface area (Å²) in [6.45, 7) is 5.65. The summed E-state index contributed by atoms with van der Waals surface area (Å²) in [5.41, 5.74) is 0.255. The standard InChI is InChI=1S/C17H15ClO2/c1-17(2,3)16(19)14-9-10-8-13(18)11-6-4-5-7-12(11)15(10)20-14/h4-9H,1-3H3. The molecule has 1 aromatic heterocycles. The Morgan fingerprint density at radius 3 is 2.40 bits per heavy atom. The highest BCUT2D eigenvalue weighted by Gasteiger charge is 2.26. The van der Waals surface area contributed by atoms with Crippen LogP contribution in [0.3, 0.4) is 0 Å². The van der Waals surface area contributed by atoms with Gasteiger partial charge in [0, 0.05) is 26.6 Å². The molecule has 2 nitrogen and oxygen atoms in total. The number of Topliss-reactive ketones (excluding diaryl/α,β-unsaturated/α-hetero) is 1. The summed E-state index contributed by atoms with van der Waals surface area (Å²) in [5, 5.41) is 3.40. The van der Waals surface area contributed by atoms with Crippen LogP contribution in [0.15, 0.2) is 40.8 Å². The fourth-order valence-corrected chi connectivity index (χ4v) is 2.59. The molecule has 0 atom stereocenters. The molecule has 102 valence electrons. The summed E-state index contributed by atoms with van der Waals surface area (Å²) in [6, 6.07) is 11.4. The predicted molar refractivity (Wildman–Crippen MR) is 82.5 cm³/mol. The topological polar surface area (TPSA) is 30.2 Å². The third kappa shape index (κ3) is 2.01. The van der Waals surface area contributed by atoms with Crippen molar-refractivity contribution in [2.75, 3.05) is 0 Å². The van der Waals surface area contributed by atoms with Crippen molar-refractivity contribution >= 4 is 39.1 Å². The second-order valence-electron chi connectivity index (χ2n) is 6.01. The van der Waals surface area contributed by atoms with Crippen LogP contribution in [0.4, 0.5) is 0 Å². The molecule has 0 bridgehead atoms. The van der Waals surface area contributed by atoms with Gasteiger partial charge >= 0.3 is 0 Å². The van der Waals surface area contributed by atoms with Crippen molar-refractivity contribution in [3.63, 3.8) is 0 Å². The van der Waals surface area contributed by atoms with E-state index in [0.717, 1.165) is 21.7 Å². The first-order valence-electron chi connectivity index (χ1n) is 6.53. The zero-order chi connectivity index (χ0) is 14.5. The Morgan fingerprint density at radius 1 is 1.10 bits per heavy atom. The van der Waals surface area contributed by atoms with Crippen LogP contribution in [-0.2, 0) is 0 Å². The molecular weight excluding hydrogens is 272 g/mol. The Balaban J connectivity index is 2.31. The lowest BCUT2D eigenvalue weighted by Crippen LogP contribution is -2.19. The molecule has 20 heavy (non-hydrogen) atoms. The van der Waals surface area contributed by atoms with E-state index < -0.39 is 5.41 Å². The van der Waals surface area contributed by atoms with Gasteiger partial charge in [-0.2, -0.15) is 0 Å². The number of fused-ring (bicyclic) bond motifs is 3. The number of carbonyl (C=O) groups is 1. The van der Waals surface area contributed by atoms with Gasteiger partial charge in [0.1, 0.15) is 5.58 Å². The van der Waals surface area contributed by atoms with Crippen molar-refractivity contribution in [3.05, 3.63) is 47.2 Å². The highest BCUT2D eigenvalue weighted by atomic mass is 35.5. The maximum atomic E-state index is 12.3. The summed E-state index contributed by atoms with van der Waals surface area (Å²) >= 11 is 6.29. The van der Waals surface area contributed by atoms with Crippen LogP contribution in [0.5, 0.6) is 0 Å². The molecule has 0 aliphatic carbocycles. The molecule has 1 heterocycles. The van der Waals surface area contributed by atoms with Gasteiger partial charge in [-0.1, -0.05) is 56.6 Å². The van der Waals surface area contributed by atoms with E-state index in [2.05, 4.69) is 0 Å². The number of halogens is 1. The number of rotatable bonds is 1. The molecule has 0 unspecified atom stereocenters. The monoisotopic (exact) mass is 286 g/mol. The van der Waals surface area contributed by atoms with Crippen molar-refractivity contribution in [3.8, 4) is 0 Å². The molecule has 3 aromatic rings. The van der Waals surface area contributed by atoms with Crippen molar-refractivity contribution in [2.24, 2.45) is 5.41 Å². The summed E-state index contributed by atoms with van der Waals surface area (Å²) in [6.07, 6.45) is 0. The van der Waals surface area contributed by atoms with Gasteiger partial charge in [-0.05, 0) is 12.1 Å². The van der Waals surface area contributed by atoms with E-state index in [-0.39, 0.29) is 5.78 Å². The van der Waals surface area contributed by atoms with Gasteiger partial charge in [0.25, 0.3) is 0 Å². The fraction of sp³-hybridized carbons (Fsp3) is 0.235. The minimum atomic E-state index is -0.465. The maximum Gasteiger partial charge on any atom is 0.203 e. The highest BCUT2D eigenvalue weighted by molar-refractivity contribution is 6.37. The molecule has 0 spiro atoms. The molecule has 0 aliphatic heterocycles. The second kappa shape index (κ2) is 4.35. The molecule has 2 aromatic carbocycles. The fourth-order valence-electron chi connectivity index (χ4n) is 2.31. The minimum absolute atomic E-state index is 0.00564. The average molecular weight is 287 g/mol. The molecule has 0 N–H and O–H groups in total. The van der Waals surface area contributed by atoms with E-state index in [1.165, 1.54) is 0 Å². The van der Waals surface area contributed by atoms with E-state index in [4.69, 9.17) is 16.0 Å². The average Bonchev–Trinajstić information content (AvgIpc) is 2.81. The quantitative estimate of drug-likeness (QED) is 0.555. The van der Waals surface area contributed by atoms with E-state index in [0.29, 0.717) is 10.8 Å². The Kier molecular flexibility index (Phi) is 2.87. The molecule has 3 heteroatoms. The van der Waals surface area contributed by atoms with Gasteiger partial charge in [-0.3, -0.25) is 4.79 Å². The number of ketones is 1. The lowest BCUT2D eigenvalue weighted by Gasteiger charge is -2.13. The van der Waals surface area contributed by atoms with Crippen molar-refractivity contribution in [1.82, 2.24) is 0 Å². The highest BCUT2D eigenvalue weighted by Crippen LogP contribution is 2.35. The summed E-state index contributed by atoms with van der Waals surface area (Å²) < 4.78 is 5.82. The molecule has 0 aliphatic rings. The van der Waals surface area contributed by atoms with Crippen LogP contribution in [0.2, 0.25) is 5.02 Å². The molecule has 3 rings (SSSR count). The van der Waals surface area contributed by atoms with Gasteiger partial charge in [-0.15, -0.1) is 0 Å². The first-order valence-corrected chi connectivity index (χ1v) is 6.91. The molecular formula is C17H15ClO2. The maximum absolute atomic E-state index is 12.3. The lowest BCUT2D eigenvalue weighted by molar-refractivity contribution is 0.0831. The van der Waals surface area contributed by atoms with E-state index >= 15 is 0 Å². The summed E-state index contributed by atoms with van der Waals surface area (Å²) in [4.78, 5) is 12.3. The molecule has 0 fully saturated rings. The first-order chi connectivity index (χ1) is 9.38. The van der Waals surface area contributed by atoms with Crippen LogP contribution < -0.4 is 0 Å². The molecule has 0 radical (unpaired) electrons. The van der Waals surface area contributed by atoms with Crippen LogP contribution in [0.25, 0.3) is 21.7 Å². The Morgan fingerprint density at radius 2 is 1.75 bits per heavy atom. The van der Waals surface area contributed by atoms with Gasteiger partial charge in [-0.25, -0.2) is 0 Å². The van der Waals surface area contributed by atoms with Gasteiger partial charge in [0.05, 0.1) is 0 Å². The summed E-state index contributed by atoms with van der Waals surface area (Å²) in [7, 11) is 0. The number of hydrogen-bond donors (Lipinski definition) is 0. The zero-order valence-corrected chi connectivity index (χ0v) is 12.4. The predicted octanol–water partition coefficient (Wildman–Crippen LogP) is 5.47. The third-order valence-electron chi connectivity index (χ3n) is 3.38. The number of benzene rings is 2. The van der Waals surface area contributed by atoms with Crippen LogP contribution in [-0.4, -0.2) is 5.78 Å². The van der Waals surface area contributed by atoms with Crippen LogP contribution in [0.1, 0.15) is 31.3 Å². The van der Waals surface area contributed by atoms with Crippen molar-refractivity contribution < 1.29 is 9.21 Å². The van der Waals surface area contributed by atoms with Gasteiger partial charge in [0.15, 0.2) is 5.76 Å². The van der Waals surface area contributed by atoms with Gasteiger partial charge < -0.3 is 4.42 Å². The Labute approximate surface area is 122 Å². The molecule has 0 amide bonds. The number of carbonyl (C=O) groups excluding carboxylic acids is 1. The second-order valence-corrected chi connectivity index (χ2v) is 6.42. The third-order valence-corrected chi connectivity index (χ3v) is 3.69. The minimum Gasteiger partial charge on any atom is -0.452 e. The smallest absolute Gasteiger partial charge is 0.203 e. The van der Waals surface area contributed by atoms with Crippen molar-refractivity contribution in [1.29, 1.82) is 0 Å². The lowest BCUT2D eigenvalue weighted by atomic mass is 9.89. The normalized spacial score (nSPS) is 12.2. The Hall–Kier alpha value is -1.80.